The molecule has 6 heteroatoms. The highest BCUT2D eigenvalue weighted by atomic mass is 32.1. The second kappa shape index (κ2) is 13.2. The van der Waals surface area contributed by atoms with Gasteiger partial charge in [-0.25, -0.2) is 4.98 Å². The van der Waals surface area contributed by atoms with Crippen molar-refractivity contribution in [3.05, 3.63) is 58.1 Å². The molecule has 5 nitrogen and oxygen atoms in total. The number of ether oxygens (including phenoxy) is 2. The Morgan fingerprint density at radius 2 is 2.06 bits per heavy atom. The molecule has 34 heavy (non-hydrogen) atoms. The number of carbonyl (C=O) groups is 1. The van der Waals surface area contributed by atoms with E-state index in [9.17, 15) is 9.90 Å². The van der Waals surface area contributed by atoms with Gasteiger partial charge in [0.05, 0.1) is 35.4 Å². The third-order valence-electron chi connectivity index (χ3n) is 6.30. The van der Waals surface area contributed by atoms with Crippen LogP contribution in [0.2, 0.25) is 0 Å². The maximum absolute atomic E-state index is 12.7. The van der Waals surface area contributed by atoms with Gasteiger partial charge in [-0.15, -0.1) is 11.3 Å². The minimum absolute atomic E-state index is 0.0438. The van der Waals surface area contributed by atoms with Crippen molar-refractivity contribution in [2.75, 3.05) is 0 Å². The van der Waals surface area contributed by atoms with Gasteiger partial charge < -0.3 is 14.6 Å². The topological polar surface area (TPSA) is 68.7 Å². The van der Waals surface area contributed by atoms with Crippen LogP contribution in [0.15, 0.2) is 47.4 Å². The van der Waals surface area contributed by atoms with Crippen LogP contribution in [-0.4, -0.2) is 40.5 Å². The van der Waals surface area contributed by atoms with E-state index in [-0.39, 0.29) is 18.6 Å². The lowest BCUT2D eigenvalue weighted by Crippen LogP contribution is -2.30. The molecule has 0 spiro atoms. The zero-order chi connectivity index (χ0) is 24.5. The number of aryl methyl sites for hydroxylation is 1. The highest BCUT2D eigenvalue weighted by molar-refractivity contribution is 7.09. The maximum atomic E-state index is 12.7. The number of allylic oxidation sites excluding steroid dienone is 2. The van der Waals surface area contributed by atoms with Crippen molar-refractivity contribution in [2.24, 2.45) is 5.92 Å². The number of esters is 1. The standard InChI is InChI=1S/C28H39NO4S/c1-19-9-6-5-7-12-27(21(3)15-23-18-34-22(4)29-23)33-28(31)17-24(30)16-26-11-8-10-25(32-26)14-20(2)13-19/h5,7-8,11,15,18,20,24-27,30H,1,6,9-10,12-14,16-17H2,2-4H3/b7-5-,21-15+. The lowest BCUT2D eigenvalue weighted by Gasteiger charge is -2.29. The number of rotatable bonds is 2. The Morgan fingerprint density at radius 3 is 2.82 bits per heavy atom. The molecule has 3 heterocycles. The molecule has 0 fully saturated rings. The Morgan fingerprint density at radius 1 is 1.24 bits per heavy atom. The number of aliphatic hydroxyl groups is 1. The number of fused-ring (bicyclic) bond motifs is 2. The van der Waals surface area contributed by atoms with Crippen LogP contribution < -0.4 is 0 Å². The molecule has 2 bridgehead atoms. The number of aliphatic hydroxyl groups excluding tert-OH is 1. The summed E-state index contributed by atoms with van der Waals surface area (Å²) in [7, 11) is 0. The lowest BCUT2D eigenvalue weighted by molar-refractivity contribution is -0.150. The molecule has 2 aliphatic rings. The molecule has 1 N–H and O–H groups in total. The van der Waals surface area contributed by atoms with E-state index >= 15 is 0 Å². The molecule has 1 aromatic rings. The fraction of sp³-hybridized carbons (Fsp3) is 0.571. The molecule has 5 unspecified atom stereocenters. The van der Waals surface area contributed by atoms with Gasteiger partial charge in [0.2, 0.25) is 0 Å². The number of carbonyl (C=O) groups excluding carboxylic acids is 1. The summed E-state index contributed by atoms with van der Waals surface area (Å²) in [5.74, 6) is 0.103. The van der Waals surface area contributed by atoms with E-state index in [0.29, 0.717) is 18.8 Å². The van der Waals surface area contributed by atoms with Gasteiger partial charge in [0, 0.05) is 18.2 Å². The number of hydrogen-bond donors (Lipinski definition) is 1. The average molecular weight is 486 g/mol. The van der Waals surface area contributed by atoms with Crippen LogP contribution in [0.5, 0.6) is 0 Å². The summed E-state index contributed by atoms with van der Waals surface area (Å²) in [5.41, 5.74) is 3.07. The predicted octanol–water partition coefficient (Wildman–Crippen LogP) is 6.33. The molecule has 5 atom stereocenters. The maximum Gasteiger partial charge on any atom is 0.309 e. The van der Waals surface area contributed by atoms with Gasteiger partial charge >= 0.3 is 5.97 Å². The Bertz CT molecular complexity index is 915. The Kier molecular flexibility index (Phi) is 10.3. The first kappa shape index (κ1) is 26.6. The Labute approximate surface area is 208 Å². The molecule has 0 radical (unpaired) electrons. The lowest BCUT2D eigenvalue weighted by atomic mass is 9.92. The monoisotopic (exact) mass is 485 g/mol. The molecule has 0 saturated heterocycles. The smallest absolute Gasteiger partial charge is 0.309 e. The van der Waals surface area contributed by atoms with Gasteiger partial charge in [-0.2, -0.15) is 0 Å². The van der Waals surface area contributed by atoms with E-state index < -0.39 is 18.2 Å². The fourth-order valence-electron chi connectivity index (χ4n) is 4.62. The van der Waals surface area contributed by atoms with Crippen molar-refractivity contribution in [1.29, 1.82) is 0 Å². The highest BCUT2D eigenvalue weighted by Gasteiger charge is 2.25. The van der Waals surface area contributed by atoms with Crippen molar-refractivity contribution in [1.82, 2.24) is 4.98 Å². The summed E-state index contributed by atoms with van der Waals surface area (Å²) in [6, 6.07) is 0. The highest BCUT2D eigenvalue weighted by Crippen LogP contribution is 2.26. The van der Waals surface area contributed by atoms with Crippen LogP contribution >= 0.6 is 11.3 Å². The normalized spacial score (nSPS) is 31.4. The molecule has 3 rings (SSSR count). The van der Waals surface area contributed by atoms with Crippen molar-refractivity contribution < 1.29 is 19.4 Å². The van der Waals surface area contributed by atoms with Crippen LogP contribution in [-0.2, 0) is 14.3 Å². The van der Waals surface area contributed by atoms with E-state index in [1.165, 1.54) is 5.57 Å². The van der Waals surface area contributed by atoms with E-state index in [1.807, 2.05) is 31.4 Å². The van der Waals surface area contributed by atoms with Gasteiger partial charge in [0.25, 0.3) is 0 Å². The molecule has 0 saturated carbocycles. The molecule has 2 aliphatic heterocycles. The fourth-order valence-corrected chi connectivity index (χ4v) is 5.19. The summed E-state index contributed by atoms with van der Waals surface area (Å²) in [6.07, 6.45) is 14.8. The molecule has 0 amide bonds. The molecular formula is C28H39NO4S. The van der Waals surface area contributed by atoms with E-state index in [1.54, 1.807) is 11.3 Å². The van der Waals surface area contributed by atoms with Crippen molar-refractivity contribution >= 4 is 23.4 Å². The number of cyclic esters (lactones) is 1. The number of aromatic nitrogens is 1. The van der Waals surface area contributed by atoms with Crippen molar-refractivity contribution in [3.8, 4) is 0 Å². The van der Waals surface area contributed by atoms with Crippen LogP contribution in [0.25, 0.3) is 6.08 Å². The Hall–Kier alpha value is -2.02. The minimum Gasteiger partial charge on any atom is -0.457 e. The molecule has 186 valence electrons. The van der Waals surface area contributed by atoms with Gasteiger partial charge in [0.1, 0.15) is 6.10 Å². The van der Waals surface area contributed by atoms with Crippen LogP contribution in [0.1, 0.15) is 75.9 Å². The van der Waals surface area contributed by atoms with Crippen LogP contribution in [0, 0.1) is 12.8 Å². The average Bonchev–Trinajstić information content (AvgIpc) is 3.16. The Balaban J connectivity index is 1.73. The SMILES string of the molecule is C=C1CC/C=C\CC(/C(C)=C/c2csc(C)n2)OC(=O)CC(O)CC2C=CCC(CC(C)C1)O2. The zero-order valence-corrected chi connectivity index (χ0v) is 21.6. The number of thiazole rings is 1. The van der Waals surface area contributed by atoms with Crippen molar-refractivity contribution in [3.63, 3.8) is 0 Å². The quantitative estimate of drug-likeness (QED) is 0.391. The van der Waals surface area contributed by atoms with E-state index in [4.69, 9.17) is 9.47 Å². The summed E-state index contributed by atoms with van der Waals surface area (Å²) in [5, 5.41) is 13.6. The van der Waals surface area contributed by atoms with Crippen LogP contribution in [0.4, 0.5) is 0 Å². The first-order chi connectivity index (χ1) is 16.3. The first-order valence-corrected chi connectivity index (χ1v) is 13.3. The number of nitrogens with zero attached hydrogens (tertiary/aromatic N) is 1. The second-order valence-corrected chi connectivity index (χ2v) is 10.8. The van der Waals surface area contributed by atoms with Gasteiger partial charge in [-0.05, 0) is 63.5 Å². The minimum atomic E-state index is -0.807. The van der Waals surface area contributed by atoms with Crippen LogP contribution in [0.3, 0.4) is 0 Å². The number of hydrogen-bond acceptors (Lipinski definition) is 6. The van der Waals surface area contributed by atoms with E-state index in [0.717, 1.165) is 48.4 Å². The largest absolute Gasteiger partial charge is 0.457 e. The summed E-state index contributed by atoms with van der Waals surface area (Å²) < 4.78 is 12.0. The van der Waals surface area contributed by atoms with Crippen molar-refractivity contribution in [2.45, 2.75) is 96.6 Å². The van der Waals surface area contributed by atoms with Gasteiger partial charge in [-0.1, -0.05) is 43.4 Å². The third kappa shape index (κ3) is 8.97. The molecule has 0 aliphatic carbocycles. The third-order valence-corrected chi connectivity index (χ3v) is 7.09. The molecular weight excluding hydrogens is 446 g/mol. The predicted molar refractivity (Wildman–Crippen MR) is 139 cm³/mol. The summed E-state index contributed by atoms with van der Waals surface area (Å²) in [4.78, 5) is 17.2. The van der Waals surface area contributed by atoms with Gasteiger partial charge in [-0.3, -0.25) is 4.79 Å². The summed E-state index contributed by atoms with van der Waals surface area (Å²) >= 11 is 1.60. The zero-order valence-electron chi connectivity index (χ0n) is 20.7. The first-order valence-electron chi connectivity index (χ1n) is 12.4. The van der Waals surface area contributed by atoms with E-state index in [2.05, 4.69) is 36.7 Å². The van der Waals surface area contributed by atoms with Gasteiger partial charge in [0.15, 0.2) is 0 Å². The molecule has 1 aromatic heterocycles. The second-order valence-electron chi connectivity index (χ2n) is 9.75. The summed E-state index contributed by atoms with van der Waals surface area (Å²) in [6.45, 7) is 10.5. The molecule has 0 aromatic carbocycles.